The summed E-state index contributed by atoms with van der Waals surface area (Å²) in [5.41, 5.74) is -0.751. The Morgan fingerprint density at radius 3 is 2.11 bits per heavy atom. The van der Waals surface area contributed by atoms with Crippen LogP contribution in [0.4, 0.5) is 0 Å². The highest BCUT2D eigenvalue weighted by atomic mass is 16.2. The molecule has 0 radical (unpaired) electrons. The first-order chi connectivity index (χ1) is 8.27. The topological polar surface area (TPSA) is 49.4 Å². The van der Waals surface area contributed by atoms with E-state index in [1.165, 1.54) is 0 Å². The lowest BCUT2D eigenvalue weighted by atomic mass is 9.88. The van der Waals surface area contributed by atoms with E-state index in [4.69, 9.17) is 0 Å². The molecule has 4 nitrogen and oxygen atoms in total. The summed E-state index contributed by atoms with van der Waals surface area (Å²) >= 11 is 0. The van der Waals surface area contributed by atoms with Gasteiger partial charge in [0, 0.05) is 6.04 Å². The van der Waals surface area contributed by atoms with Gasteiger partial charge in [-0.05, 0) is 32.6 Å². The van der Waals surface area contributed by atoms with Gasteiger partial charge in [-0.15, -0.1) is 0 Å². The third kappa shape index (κ3) is 2.38. The van der Waals surface area contributed by atoms with E-state index in [9.17, 15) is 9.59 Å². The van der Waals surface area contributed by atoms with Gasteiger partial charge in [0.05, 0.1) is 0 Å². The van der Waals surface area contributed by atoms with Crippen molar-refractivity contribution in [3.63, 3.8) is 0 Å². The second-order valence-electron chi connectivity index (χ2n) is 5.93. The number of hydrogen-bond acceptors (Lipinski definition) is 2. The monoisotopic (exact) mass is 254 g/mol. The van der Waals surface area contributed by atoms with Gasteiger partial charge in [-0.1, -0.05) is 27.7 Å². The molecule has 1 heterocycles. The molecule has 0 aromatic heterocycles. The highest BCUT2D eigenvalue weighted by Crippen LogP contribution is 2.28. The Hall–Kier alpha value is -1.06. The zero-order valence-corrected chi connectivity index (χ0v) is 12.4. The molecule has 1 aliphatic rings. The Kier molecular flexibility index (Phi) is 4.41. The molecule has 0 aromatic rings. The van der Waals surface area contributed by atoms with Gasteiger partial charge >= 0.3 is 0 Å². The van der Waals surface area contributed by atoms with Crippen LogP contribution in [0, 0.1) is 5.92 Å². The van der Waals surface area contributed by atoms with Crippen molar-refractivity contribution in [2.24, 2.45) is 5.92 Å². The first-order valence-corrected chi connectivity index (χ1v) is 6.91. The molecule has 18 heavy (non-hydrogen) atoms. The predicted molar refractivity (Wildman–Crippen MR) is 72.1 cm³/mol. The summed E-state index contributed by atoms with van der Waals surface area (Å²) < 4.78 is 0. The molecule has 2 amide bonds. The summed E-state index contributed by atoms with van der Waals surface area (Å²) in [7, 11) is 0. The lowest BCUT2D eigenvalue weighted by Gasteiger charge is -2.48. The van der Waals surface area contributed by atoms with E-state index in [2.05, 4.69) is 19.2 Å². The Morgan fingerprint density at radius 2 is 1.72 bits per heavy atom. The van der Waals surface area contributed by atoms with Crippen LogP contribution in [-0.4, -0.2) is 34.3 Å². The van der Waals surface area contributed by atoms with Crippen LogP contribution in [0.5, 0.6) is 0 Å². The summed E-state index contributed by atoms with van der Waals surface area (Å²) in [5.74, 6) is 0.130. The van der Waals surface area contributed by atoms with Crippen molar-refractivity contribution < 1.29 is 9.59 Å². The van der Waals surface area contributed by atoms with Crippen LogP contribution in [-0.2, 0) is 9.59 Å². The van der Waals surface area contributed by atoms with Crippen LogP contribution < -0.4 is 5.32 Å². The van der Waals surface area contributed by atoms with Crippen molar-refractivity contribution >= 4 is 11.8 Å². The summed E-state index contributed by atoms with van der Waals surface area (Å²) in [6, 6.07) is -0.245. The zero-order chi connectivity index (χ0) is 14.1. The maximum atomic E-state index is 12.6. The van der Waals surface area contributed by atoms with Crippen molar-refractivity contribution in [1.29, 1.82) is 0 Å². The predicted octanol–water partition coefficient (Wildman–Crippen LogP) is 1.94. The maximum Gasteiger partial charge on any atom is 0.246 e. The number of nitrogens with zero attached hydrogens (tertiary/aromatic N) is 1. The Balaban J connectivity index is 3.14. The maximum absolute atomic E-state index is 12.6. The average molecular weight is 254 g/mol. The molecular weight excluding hydrogens is 228 g/mol. The minimum atomic E-state index is -0.751. The van der Waals surface area contributed by atoms with Crippen LogP contribution in [0.3, 0.4) is 0 Å². The van der Waals surface area contributed by atoms with Crippen LogP contribution in [0.1, 0.15) is 54.4 Å². The molecular formula is C14H26N2O2. The molecule has 0 saturated carbocycles. The first kappa shape index (κ1) is 15.0. The largest absolute Gasteiger partial charge is 0.342 e. The highest BCUT2D eigenvalue weighted by molar-refractivity contribution is 5.99. The molecule has 0 spiro atoms. The van der Waals surface area contributed by atoms with Crippen molar-refractivity contribution in [3.05, 3.63) is 0 Å². The molecule has 4 heteroatoms. The minimum absolute atomic E-state index is 0.0484. The molecule has 0 aliphatic carbocycles. The Morgan fingerprint density at radius 1 is 1.22 bits per heavy atom. The van der Waals surface area contributed by atoms with E-state index in [1.807, 2.05) is 27.7 Å². The summed E-state index contributed by atoms with van der Waals surface area (Å²) in [5, 5.41) is 2.86. The van der Waals surface area contributed by atoms with E-state index >= 15 is 0 Å². The van der Waals surface area contributed by atoms with Gasteiger partial charge in [0.2, 0.25) is 11.8 Å². The van der Waals surface area contributed by atoms with Crippen LogP contribution in [0.15, 0.2) is 0 Å². The van der Waals surface area contributed by atoms with Gasteiger partial charge in [0.25, 0.3) is 0 Å². The number of carbonyl (C=O) groups is 2. The van der Waals surface area contributed by atoms with Crippen molar-refractivity contribution in [2.75, 3.05) is 0 Å². The van der Waals surface area contributed by atoms with Gasteiger partial charge in [0.1, 0.15) is 11.6 Å². The van der Waals surface area contributed by atoms with E-state index in [0.717, 1.165) is 12.8 Å². The van der Waals surface area contributed by atoms with E-state index in [-0.39, 0.29) is 29.8 Å². The van der Waals surface area contributed by atoms with Crippen molar-refractivity contribution in [3.8, 4) is 0 Å². The molecule has 1 aliphatic heterocycles. The lowest BCUT2D eigenvalue weighted by Crippen LogP contribution is -2.71. The molecule has 1 atom stereocenters. The number of amides is 2. The van der Waals surface area contributed by atoms with Gasteiger partial charge in [-0.25, -0.2) is 0 Å². The fraction of sp³-hybridized carbons (Fsp3) is 0.857. The quantitative estimate of drug-likeness (QED) is 0.833. The number of piperazine rings is 1. The number of rotatable bonds is 4. The summed E-state index contributed by atoms with van der Waals surface area (Å²) in [6.07, 6.45) is 1.76. The highest BCUT2D eigenvalue weighted by Gasteiger charge is 2.48. The molecule has 1 saturated heterocycles. The lowest BCUT2D eigenvalue weighted by molar-refractivity contribution is -0.160. The van der Waals surface area contributed by atoms with Crippen molar-refractivity contribution in [2.45, 2.75) is 72.0 Å². The number of hydrogen-bond donors (Lipinski definition) is 1. The van der Waals surface area contributed by atoms with E-state index < -0.39 is 5.54 Å². The smallest absolute Gasteiger partial charge is 0.246 e. The normalized spacial score (nSPS) is 23.8. The van der Waals surface area contributed by atoms with E-state index in [0.29, 0.717) is 0 Å². The molecule has 0 bridgehead atoms. The molecule has 1 N–H and O–H groups in total. The molecule has 1 unspecified atom stereocenters. The van der Waals surface area contributed by atoms with Crippen LogP contribution >= 0.6 is 0 Å². The van der Waals surface area contributed by atoms with Crippen molar-refractivity contribution in [1.82, 2.24) is 10.2 Å². The third-order valence-corrected chi connectivity index (χ3v) is 3.92. The Labute approximate surface area is 110 Å². The van der Waals surface area contributed by atoms with Gasteiger partial charge in [0.15, 0.2) is 0 Å². The molecule has 104 valence electrons. The van der Waals surface area contributed by atoms with Gasteiger partial charge in [-0.2, -0.15) is 0 Å². The van der Waals surface area contributed by atoms with Gasteiger partial charge < -0.3 is 10.2 Å². The SMILES string of the molecule is CCC(CC)N1C(=O)C(C(C)C)NC(=O)C1(C)C. The summed E-state index contributed by atoms with van der Waals surface area (Å²) in [4.78, 5) is 26.6. The molecule has 0 aromatic carbocycles. The number of nitrogens with one attached hydrogen (secondary N) is 1. The first-order valence-electron chi connectivity index (χ1n) is 6.91. The second kappa shape index (κ2) is 5.29. The van der Waals surface area contributed by atoms with Gasteiger partial charge in [-0.3, -0.25) is 9.59 Å². The number of carbonyl (C=O) groups excluding carboxylic acids is 2. The fourth-order valence-corrected chi connectivity index (χ4v) is 2.66. The third-order valence-electron chi connectivity index (χ3n) is 3.92. The van der Waals surface area contributed by atoms with Crippen LogP contribution in [0.25, 0.3) is 0 Å². The second-order valence-corrected chi connectivity index (χ2v) is 5.93. The van der Waals surface area contributed by atoms with E-state index in [1.54, 1.807) is 4.90 Å². The zero-order valence-electron chi connectivity index (χ0n) is 12.4. The minimum Gasteiger partial charge on any atom is -0.342 e. The summed E-state index contributed by atoms with van der Waals surface area (Å²) in [6.45, 7) is 11.7. The fourth-order valence-electron chi connectivity index (χ4n) is 2.66. The van der Waals surface area contributed by atoms with Crippen LogP contribution in [0.2, 0.25) is 0 Å². The standard InChI is InChI=1S/C14H26N2O2/c1-7-10(8-2)16-12(17)11(9(3)4)15-13(18)14(16,5)6/h9-11H,7-8H2,1-6H3,(H,15,18). The molecule has 1 rings (SSSR count). The molecule has 1 fully saturated rings. The average Bonchev–Trinajstić information content (AvgIpc) is 2.29. The Bertz CT molecular complexity index is 333.